The minimum absolute atomic E-state index is 0.220. The van der Waals surface area contributed by atoms with Crippen LogP contribution in [0.2, 0.25) is 0 Å². The summed E-state index contributed by atoms with van der Waals surface area (Å²) in [4.78, 5) is 28.7. The van der Waals surface area contributed by atoms with Crippen molar-refractivity contribution in [3.05, 3.63) is 51.6 Å². The van der Waals surface area contributed by atoms with Crippen LogP contribution >= 0.6 is 0 Å². The Morgan fingerprint density at radius 1 is 1.15 bits per heavy atom. The first-order valence-corrected chi connectivity index (χ1v) is 8.22. The number of benzene rings is 1. The molecule has 8 nitrogen and oxygen atoms in total. The van der Waals surface area contributed by atoms with Crippen LogP contribution in [-0.4, -0.2) is 32.2 Å². The molecule has 0 aliphatic rings. The maximum atomic E-state index is 12.6. The van der Waals surface area contributed by atoms with Crippen LogP contribution in [0.25, 0.3) is 5.78 Å². The predicted molar refractivity (Wildman–Crippen MR) is 97.9 cm³/mol. The van der Waals surface area contributed by atoms with Crippen molar-refractivity contribution in [3.8, 4) is 0 Å². The summed E-state index contributed by atoms with van der Waals surface area (Å²) in [5.74, 6) is 0.252. The monoisotopic (exact) mass is 355 g/mol. The summed E-state index contributed by atoms with van der Waals surface area (Å²) < 4.78 is 7.14. The minimum atomic E-state index is -0.829. The molecular formula is C18H21N5O3. The highest BCUT2D eigenvalue weighted by atomic mass is 16.5. The van der Waals surface area contributed by atoms with E-state index < -0.39 is 17.7 Å². The van der Waals surface area contributed by atoms with Crippen LogP contribution < -0.4 is 11.0 Å². The third-order valence-corrected chi connectivity index (χ3v) is 4.11. The number of hydrogen-bond donors (Lipinski definition) is 1. The average Bonchev–Trinajstić information content (AvgIpc) is 2.89. The third-order valence-electron chi connectivity index (χ3n) is 4.11. The fraction of sp³-hybridized carbons (Fsp3) is 0.333. The molecule has 0 unspecified atom stereocenters. The van der Waals surface area contributed by atoms with Crippen molar-refractivity contribution in [2.45, 2.75) is 33.7 Å². The van der Waals surface area contributed by atoms with Crippen LogP contribution in [0.15, 0.2) is 29.1 Å². The number of rotatable bonds is 4. The van der Waals surface area contributed by atoms with Crippen molar-refractivity contribution in [2.24, 2.45) is 0 Å². The normalized spacial score (nSPS) is 12.2. The molecule has 3 aromatic rings. The summed E-state index contributed by atoms with van der Waals surface area (Å²) in [5, 5.41) is 7.44. The standard InChI is InChI=1S/C18H21N5O3/c1-10-6-11(2)8-14(7-10)19-15-9-12(3)22-17(20-15)21-23(18(22)25)13(4)16(24)26-5/h6-9,13H,1-5H3,(H,19,20,21)/t13-/m0/s1. The summed E-state index contributed by atoms with van der Waals surface area (Å²) >= 11 is 0. The Bertz CT molecular complexity index is 1030. The summed E-state index contributed by atoms with van der Waals surface area (Å²) in [7, 11) is 1.27. The topological polar surface area (TPSA) is 90.5 Å². The molecule has 0 radical (unpaired) electrons. The van der Waals surface area contributed by atoms with E-state index in [1.165, 1.54) is 11.5 Å². The maximum absolute atomic E-state index is 12.6. The number of esters is 1. The molecule has 0 aliphatic carbocycles. The highest BCUT2D eigenvalue weighted by molar-refractivity contribution is 5.73. The molecule has 1 atom stereocenters. The lowest BCUT2D eigenvalue weighted by molar-refractivity contribution is -0.144. The number of ether oxygens (including phenoxy) is 1. The number of methoxy groups -OCH3 is 1. The molecule has 1 N–H and O–H groups in total. The first-order valence-electron chi connectivity index (χ1n) is 8.22. The Morgan fingerprint density at radius 3 is 2.42 bits per heavy atom. The van der Waals surface area contributed by atoms with Gasteiger partial charge in [0.05, 0.1) is 7.11 Å². The van der Waals surface area contributed by atoms with Crippen LogP contribution in [0.4, 0.5) is 11.5 Å². The van der Waals surface area contributed by atoms with E-state index in [0.717, 1.165) is 21.5 Å². The summed E-state index contributed by atoms with van der Waals surface area (Å²) in [6.07, 6.45) is 0. The maximum Gasteiger partial charge on any atom is 0.352 e. The lowest BCUT2D eigenvalue weighted by Crippen LogP contribution is -2.29. The number of hydrogen-bond acceptors (Lipinski definition) is 6. The van der Waals surface area contributed by atoms with E-state index in [4.69, 9.17) is 4.74 Å². The second kappa shape index (κ2) is 6.62. The SMILES string of the molecule is COC(=O)[C@H](C)n1nc2nc(Nc3cc(C)cc(C)c3)cc(C)n2c1=O. The zero-order valence-corrected chi connectivity index (χ0v) is 15.4. The third kappa shape index (κ3) is 3.17. The zero-order chi connectivity index (χ0) is 19.0. The Kier molecular flexibility index (Phi) is 4.50. The number of carbonyl (C=O) groups is 1. The van der Waals surface area contributed by atoms with E-state index in [-0.39, 0.29) is 5.78 Å². The lowest BCUT2D eigenvalue weighted by Gasteiger charge is -2.09. The molecule has 0 saturated carbocycles. The molecule has 0 amide bonds. The van der Waals surface area contributed by atoms with E-state index in [2.05, 4.69) is 21.5 Å². The van der Waals surface area contributed by atoms with E-state index in [1.54, 1.807) is 19.9 Å². The van der Waals surface area contributed by atoms with Crippen LogP contribution in [-0.2, 0) is 9.53 Å². The number of anilines is 2. The Labute approximate surface area is 150 Å². The van der Waals surface area contributed by atoms with Gasteiger partial charge in [-0.2, -0.15) is 9.67 Å². The van der Waals surface area contributed by atoms with Crippen molar-refractivity contribution in [1.82, 2.24) is 19.2 Å². The molecule has 0 bridgehead atoms. The van der Waals surface area contributed by atoms with E-state index in [9.17, 15) is 9.59 Å². The van der Waals surface area contributed by atoms with Gasteiger partial charge in [-0.05, 0) is 51.0 Å². The minimum Gasteiger partial charge on any atom is -0.467 e. The van der Waals surface area contributed by atoms with Crippen LogP contribution in [0.5, 0.6) is 0 Å². The van der Waals surface area contributed by atoms with Gasteiger partial charge in [0.1, 0.15) is 5.82 Å². The predicted octanol–water partition coefficient (Wildman–Crippen LogP) is 2.29. The first-order chi connectivity index (χ1) is 12.3. The smallest absolute Gasteiger partial charge is 0.352 e. The molecule has 1 aromatic carbocycles. The van der Waals surface area contributed by atoms with Crippen molar-refractivity contribution >= 4 is 23.3 Å². The van der Waals surface area contributed by atoms with Crippen LogP contribution in [0.1, 0.15) is 29.8 Å². The van der Waals surface area contributed by atoms with Gasteiger partial charge >= 0.3 is 11.7 Å². The number of nitrogens with one attached hydrogen (secondary N) is 1. The molecular weight excluding hydrogens is 334 g/mol. The number of carbonyl (C=O) groups excluding carboxylic acids is 1. The van der Waals surface area contributed by atoms with Crippen molar-refractivity contribution in [1.29, 1.82) is 0 Å². The second-order valence-corrected chi connectivity index (χ2v) is 6.35. The van der Waals surface area contributed by atoms with Gasteiger partial charge in [0.15, 0.2) is 6.04 Å². The average molecular weight is 355 g/mol. The van der Waals surface area contributed by atoms with Crippen molar-refractivity contribution < 1.29 is 9.53 Å². The van der Waals surface area contributed by atoms with Gasteiger partial charge in [-0.3, -0.25) is 0 Å². The molecule has 0 saturated heterocycles. The molecule has 8 heteroatoms. The first kappa shape index (κ1) is 17.7. The van der Waals surface area contributed by atoms with Crippen molar-refractivity contribution in [3.63, 3.8) is 0 Å². The van der Waals surface area contributed by atoms with E-state index >= 15 is 0 Å². The highest BCUT2D eigenvalue weighted by Gasteiger charge is 2.22. The molecule has 136 valence electrons. The van der Waals surface area contributed by atoms with Crippen LogP contribution in [0, 0.1) is 20.8 Å². The van der Waals surface area contributed by atoms with Gasteiger partial charge in [0.2, 0.25) is 0 Å². The quantitative estimate of drug-likeness (QED) is 0.722. The molecule has 0 fully saturated rings. The molecule has 26 heavy (non-hydrogen) atoms. The van der Waals surface area contributed by atoms with Crippen molar-refractivity contribution in [2.75, 3.05) is 12.4 Å². The van der Waals surface area contributed by atoms with Gasteiger partial charge in [-0.1, -0.05) is 6.07 Å². The Hall–Kier alpha value is -3.16. The Morgan fingerprint density at radius 2 is 1.81 bits per heavy atom. The molecule has 2 aromatic heterocycles. The molecule has 0 spiro atoms. The van der Waals surface area contributed by atoms with Gasteiger partial charge < -0.3 is 10.1 Å². The largest absolute Gasteiger partial charge is 0.467 e. The summed E-state index contributed by atoms with van der Waals surface area (Å²) in [6.45, 7) is 7.40. The molecule has 0 aliphatic heterocycles. The van der Waals surface area contributed by atoms with Gasteiger partial charge in [0, 0.05) is 17.4 Å². The lowest BCUT2D eigenvalue weighted by atomic mass is 10.1. The van der Waals surface area contributed by atoms with Gasteiger partial charge in [-0.15, -0.1) is 5.10 Å². The number of fused-ring (bicyclic) bond motifs is 1. The Balaban J connectivity index is 2.05. The molecule has 2 heterocycles. The van der Waals surface area contributed by atoms with Gasteiger partial charge in [0.25, 0.3) is 5.78 Å². The fourth-order valence-electron chi connectivity index (χ4n) is 2.94. The summed E-state index contributed by atoms with van der Waals surface area (Å²) in [5.41, 5.74) is 3.41. The van der Waals surface area contributed by atoms with E-state index in [0.29, 0.717) is 11.5 Å². The number of aryl methyl sites for hydroxylation is 3. The van der Waals surface area contributed by atoms with E-state index in [1.807, 2.05) is 26.0 Å². The number of aromatic nitrogens is 4. The fourth-order valence-corrected chi connectivity index (χ4v) is 2.94. The second-order valence-electron chi connectivity index (χ2n) is 6.35. The summed E-state index contributed by atoms with van der Waals surface area (Å²) in [6, 6.07) is 7.05. The highest BCUT2D eigenvalue weighted by Crippen LogP contribution is 2.19. The number of nitrogens with zero attached hydrogens (tertiary/aromatic N) is 4. The zero-order valence-electron chi connectivity index (χ0n) is 15.4. The van der Waals surface area contributed by atoms with Gasteiger partial charge in [-0.25, -0.2) is 14.0 Å². The van der Waals surface area contributed by atoms with Crippen LogP contribution in [0.3, 0.4) is 0 Å². The molecule has 3 rings (SSSR count).